The van der Waals surface area contributed by atoms with E-state index in [0.717, 1.165) is 57.8 Å². The van der Waals surface area contributed by atoms with Gasteiger partial charge >= 0.3 is 0 Å². The van der Waals surface area contributed by atoms with Crippen LogP contribution in [0.2, 0.25) is 0 Å². The summed E-state index contributed by atoms with van der Waals surface area (Å²) in [4.78, 5) is 25.2. The number of aromatic nitrogens is 1. The summed E-state index contributed by atoms with van der Waals surface area (Å²) >= 11 is 1.91. The number of nitrogens with zero attached hydrogens (tertiary/aromatic N) is 3. The van der Waals surface area contributed by atoms with Crippen molar-refractivity contribution in [3.8, 4) is 0 Å². The van der Waals surface area contributed by atoms with Gasteiger partial charge in [0.25, 0.3) is 0 Å². The van der Waals surface area contributed by atoms with Gasteiger partial charge in [0, 0.05) is 49.4 Å². The van der Waals surface area contributed by atoms with Crippen molar-refractivity contribution in [2.75, 3.05) is 26.2 Å². The van der Waals surface area contributed by atoms with Gasteiger partial charge in [-0.15, -0.1) is 35.3 Å². The number of aliphatic imine (C=N–C) groups is 1. The first kappa shape index (κ1) is 24.4. The molecule has 1 aliphatic heterocycles. The van der Waals surface area contributed by atoms with E-state index in [1.54, 1.807) is 0 Å². The molecular formula is C21H36IN5OS. The molecule has 1 aromatic rings. The molecule has 2 N–H and O–H groups in total. The fourth-order valence-corrected chi connectivity index (χ4v) is 5.09. The number of fused-ring (bicyclic) bond motifs is 1. The number of rotatable bonds is 7. The molecule has 1 saturated heterocycles. The number of thiazole rings is 1. The van der Waals surface area contributed by atoms with Crippen molar-refractivity contribution in [2.45, 2.75) is 71.8 Å². The zero-order chi connectivity index (χ0) is 19.9. The maximum absolute atomic E-state index is 12.2. The number of amides is 1. The first-order valence-electron chi connectivity index (χ1n) is 10.9. The fourth-order valence-electron chi connectivity index (χ4n) is 3.89. The van der Waals surface area contributed by atoms with Crippen molar-refractivity contribution in [3.05, 3.63) is 15.6 Å². The van der Waals surface area contributed by atoms with Gasteiger partial charge in [-0.25, -0.2) is 4.98 Å². The van der Waals surface area contributed by atoms with Gasteiger partial charge in [0.2, 0.25) is 5.91 Å². The summed E-state index contributed by atoms with van der Waals surface area (Å²) in [5.74, 6) is 1.18. The largest absolute Gasteiger partial charge is 0.357 e. The first-order chi connectivity index (χ1) is 13.6. The summed E-state index contributed by atoms with van der Waals surface area (Å²) in [5, 5.41) is 8.12. The quantitative estimate of drug-likeness (QED) is 0.244. The van der Waals surface area contributed by atoms with Crippen molar-refractivity contribution in [3.63, 3.8) is 0 Å². The minimum Gasteiger partial charge on any atom is -0.357 e. The Labute approximate surface area is 196 Å². The number of hydrogen-bond donors (Lipinski definition) is 2. The Morgan fingerprint density at radius 1 is 1.34 bits per heavy atom. The van der Waals surface area contributed by atoms with E-state index in [1.165, 1.54) is 34.8 Å². The highest BCUT2D eigenvalue weighted by atomic mass is 127. The molecule has 164 valence electrons. The topological polar surface area (TPSA) is 69.6 Å². The van der Waals surface area contributed by atoms with E-state index in [0.29, 0.717) is 0 Å². The highest BCUT2D eigenvalue weighted by Gasteiger charge is 2.27. The number of guanidine groups is 1. The Morgan fingerprint density at radius 2 is 2.14 bits per heavy atom. The van der Waals surface area contributed by atoms with Crippen LogP contribution in [0, 0.1) is 5.92 Å². The van der Waals surface area contributed by atoms with Crippen LogP contribution in [0.25, 0.3) is 0 Å². The summed E-state index contributed by atoms with van der Waals surface area (Å²) in [6.45, 7) is 9.25. The Bertz CT molecular complexity index is 667. The van der Waals surface area contributed by atoms with Crippen LogP contribution in [0.3, 0.4) is 0 Å². The number of hydrogen-bond acceptors (Lipinski definition) is 4. The number of nitrogens with one attached hydrogen (secondary N) is 2. The predicted molar refractivity (Wildman–Crippen MR) is 131 cm³/mol. The van der Waals surface area contributed by atoms with Crippen LogP contribution in [-0.2, 0) is 24.1 Å². The molecule has 0 saturated carbocycles. The van der Waals surface area contributed by atoms with Gasteiger partial charge in [-0.1, -0.05) is 13.8 Å². The standard InChI is InChI=1S/C21H35N5OS.HI/c1-4-22-21(24-16-11-13-26(14-16)20(27)15(2)3)23-12-7-10-19-25-17-8-5-6-9-18(17)28-19;/h15-16H,4-14H2,1-3H3,(H2,22,23,24);1H. The average molecular weight is 534 g/mol. The zero-order valence-corrected chi connectivity index (χ0v) is 21.1. The molecule has 2 aliphatic rings. The molecule has 0 bridgehead atoms. The van der Waals surface area contributed by atoms with Crippen LogP contribution in [0.4, 0.5) is 0 Å². The summed E-state index contributed by atoms with van der Waals surface area (Å²) < 4.78 is 0. The highest BCUT2D eigenvalue weighted by molar-refractivity contribution is 14.0. The third-order valence-corrected chi connectivity index (χ3v) is 6.60. The van der Waals surface area contributed by atoms with E-state index in [-0.39, 0.29) is 41.8 Å². The first-order valence-corrected chi connectivity index (χ1v) is 11.7. The van der Waals surface area contributed by atoms with Gasteiger partial charge in [-0.3, -0.25) is 9.79 Å². The van der Waals surface area contributed by atoms with Crippen LogP contribution in [0.15, 0.2) is 4.99 Å². The lowest BCUT2D eigenvalue weighted by molar-refractivity contribution is -0.133. The Balaban J connectivity index is 0.00000300. The summed E-state index contributed by atoms with van der Waals surface area (Å²) in [7, 11) is 0. The molecule has 1 unspecified atom stereocenters. The Hall–Kier alpha value is -0.900. The minimum atomic E-state index is 0. The van der Waals surface area contributed by atoms with Crippen molar-refractivity contribution in [1.82, 2.24) is 20.5 Å². The molecule has 1 fully saturated rings. The Kier molecular flexibility index (Phi) is 10.1. The number of likely N-dealkylation sites (tertiary alicyclic amines) is 1. The molecule has 1 atom stereocenters. The highest BCUT2D eigenvalue weighted by Crippen LogP contribution is 2.27. The van der Waals surface area contributed by atoms with E-state index in [2.05, 4.69) is 17.6 Å². The second kappa shape index (κ2) is 12.1. The lowest BCUT2D eigenvalue weighted by Crippen LogP contribution is -2.45. The molecule has 6 nitrogen and oxygen atoms in total. The van der Waals surface area contributed by atoms with Crippen LogP contribution >= 0.6 is 35.3 Å². The van der Waals surface area contributed by atoms with E-state index in [1.807, 2.05) is 30.1 Å². The lowest BCUT2D eigenvalue weighted by Gasteiger charge is -2.20. The number of halogens is 1. The van der Waals surface area contributed by atoms with E-state index in [4.69, 9.17) is 9.98 Å². The predicted octanol–water partition coefficient (Wildman–Crippen LogP) is 3.38. The fraction of sp³-hybridized carbons (Fsp3) is 0.762. The van der Waals surface area contributed by atoms with Crippen molar-refractivity contribution < 1.29 is 4.79 Å². The molecule has 2 heterocycles. The Morgan fingerprint density at radius 3 is 2.86 bits per heavy atom. The normalized spacial score (nSPS) is 19.1. The molecule has 1 amide bonds. The third kappa shape index (κ3) is 7.08. The second-order valence-electron chi connectivity index (χ2n) is 8.12. The van der Waals surface area contributed by atoms with Gasteiger partial charge in [-0.05, 0) is 45.4 Å². The summed E-state index contributed by atoms with van der Waals surface area (Å²) in [6, 6.07) is 0.284. The van der Waals surface area contributed by atoms with Gasteiger partial charge in [-0.2, -0.15) is 0 Å². The molecular weight excluding hydrogens is 497 g/mol. The van der Waals surface area contributed by atoms with Gasteiger partial charge in [0.05, 0.1) is 10.7 Å². The SMILES string of the molecule is CCNC(=NCCCc1nc2c(s1)CCCC2)NC1CCN(C(=O)C(C)C)C1.I. The molecule has 0 aromatic carbocycles. The van der Waals surface area contributed by atoms with E-state index in [9.17, 15) is 4.79 Å². The van der Waals surface area contributed by atoms with E-state index < -0.39 is 0 Å². The van der Waals surface area contributed by atoms with Gasteiger partial charge in [0.15, 0.2) is 5.96 Å². The molecule has 1 aliphatic carbocycles. The minimum absolute atomic E-state index is 0. The second-order valence-corrected chi connectivity index (χ2v) is 9.29. The smallest absolute Gasteiger partial charge is 0.225 e. The molecule has 1 aromatic heterocycles. The number of carbonyl (C=O) groups excluding carboxylic acids is 1. The van der Waals surface area contributed by atoms with E-state index >= 15 is 0 Å². The molecule has 3 rings (SSSR count). The maximum Gasteiger partial charge on any atom is 0.225 e. The molecule has 29 heavy (non-hydrogen) atoms. The zero-order valence-electron chi connectivity index (χ0n) is 18.0. The molecule has 8 heteroatoms. The van der Waals surface area contributed by atoms with Crippen LogP contribution in [0.1, 0.15) is 62.0 Å². The van der Waals surface area contributed by atoms with Gasteiger partial charge < -0.3 is 15.5 Å². The summed E-state index contributed by atoms with van der Waals surface area (Å²) in [5.41, 5.74) is 1.35. The summed E-state index contributed by atoms with van der Waals surface area (Å²) in [6.07, 6.45) is 8.00. The third-order valence-electron chi connectivity index (χ3n) is 5.39. The number of carbonyl (C=O) groups is 1. The van der Waals surface area contributed by atoms with Crippen molar-refractivity contribution >= 4 is 47.2 Å². The van der Waals surface area contributed by atoms with Crippen LogP contribution < -0.4 is 10.6 Å². The van der Waals surface area contributed by atoms with Crippen molar-refractivity contribution in [1.29, 1.82) is 0 Å². The monoisotopic (exact) mass is 533 g/mol. The lowest BCUT2D eigenvalue weighted by atomic mass is 10.0. The maximum atomic E-state index is 12.2. The molecule has 0 radical (unpaired) electrons. The van der Waals surface area contributed by atoms with Gasteiger partial charge in [0.1, 0.15) is 0 Å². The number of aryl methyl sites for hydroxylation is 3. The van der Waals surface area contributed by atoms with Crippen molar-refractivity contribution in [2.24, 2.45) is 10.9 Å². The van der Waals surface area contributed by atoms with Crippen LogP contribution in [-0.4, -0.2) is 54.0 Å². The molecule has 0 spiro atoms. The average Bonchev–Trinajstić information content (AvgIpc) is 3.31. The van der Waals surface area contributed by atoms with Crippen LogP contribution in [0.5, 0.6) is 0 Å².